The Bertz CT molecular complexity index is 1630. The largest absolute Gasteiger partial charge is 0.490 e. The summed E-state index contributed by atoms with van der Waals surface area (Å²) in [5.74, 6) is -3.69. The number of sulfone groups is 1. The van der Waals surface area contributed by atoms with E-state index in [-0.39, 0.29) is 60.3 Å². The van der Waals surface area contributed by atoms with Crippen LogP contribution in [0.1, 0.15) is 60.1 Å². The zero-order valence-electron chi connectivity index (χ0n) is 25.8. The van der Waals surface area contributed by atoms with E-state index in [1.54, 1.807) is 12.4 Å². The molecule has 0 unspecified atom stereocenters. The highest BCUT2D eigenvalue weighted by molar-refractivity contribution is 7.90. The van der Waals surface area contributed by atoms with Crippen molar-refractivity contribution < 1.29 is 40.6 Å². The van der Waals surface area contributed by atoms with Crippen LogP contribution in [0, 0.1) is 23.4 Å². The lowest BCUT2D eigenvalue weighted by Gasteiger charge is -2.39. The first-order chi connectivity index (χ1) is 21.9. The van der Waals surface area contributed by atoms with Crippen LogP contribution in [-0.4, -0.2) is 74.2 Å². The Kier molecular flexibility index (Phi) is 10.8. The number of aromatic nitrogens is 2. The van der Waals surface area contributed by atoms with Gasteiger partial charge in [-0.15, -0.1) is 0 Å². The normalized spacial score (nSPS) is 22.5. The monoisotopic (exact) mass is 661 g/mol. The highest BCUT2D eigenvalue weighted by Crippen LogP contribution is 2.39. The minimum Gasteiger partial charge on any atom is -0.490 e. The maximum Gasteiger partial charge on any atom is 0.185 e. The molecule has 0 bridgehead atoms. The van der Waals surface area contributed by atoms with E-state index in [1.807, 2.05) is 13.0 Å². The molecule has 0 amide bonds. The first-order valence-electron chi connectivity index (χ1n) is 15.3. The number of carbonyl (C=O) groups excluding carboxylic acids is 1. The molecule has 248 valence electrons. The summed E-state index contributed by atoms with van der Waals surface area (Å²) in [4.78, 5) is 21.7. The molecule has 2 aromatic heterocycles. The van der Waals surface area contributed by atoms with E-state index in [4.69, 9.17) is 19.9 Å². The number of nitrogens with two attached hydrogens (primary N) is 1. The summed E-state index contributed by atoms with van der Waals surface area (Å²) in [5, 5.41) is 0. The third kappa shape index (κ3) is 8.30. The number of Topliss-reactive ketones (excluding diaryl/α,β-unsaturated/α-hetero) is 1. The van der Waals surface area contributed by atoms with E-state index in [1.165, 1.54) is 6.07 Å². The molecule has 9 nitrogen and oxygen atoms in total. The number of hydrogen-bond donors (Lipinski definition) is 1. The first kappa shape index (κ1) is 34.0. The van der Waals surface area contributed by atoms with E-state index < -0.39 is 44.3 Å². The van der Waals surface area contributed by atoms with Crippen molar-refractivity contribution >= 4 is 15.6 Å². The van der Waals surface area contributed by atoms with Gasteiger partial charge in [0.1, 0.15) is 50.5 Å². The van der Waals surface area contributed by atoms with Gasteiger partial charge in [0.2, 0.25) is 0 Å². The third-order valence-corrected chi connectivity index (χ3v) is 9.46. The van der Waals surface area contributed by atoms with Crippen molar-refractivity contribution in [3.05, 3.63) is 77.0 Å². The molecule has 1 aromatic carbocycles. The molecule has 0 spiro atoms. The number of ketones is 1. The predicted octanol–water partition coefficient (Wildman–Crippen LogP) is 4.81. The van der Waals surface area contributed by atoms with Gasteiger partial charge in [-0.25, -0.2) is 26.6 Å². The molecule has 1 aliphatic carbocycles. The highest BCUT2D eigenvalue weighted by atomic mass is 32.2. The molecule has 5 rings (SSSR count). The molecule has 2 aliphatic rings. The maximum atomic E-state index is 15.2. The maximum absolute atomic E-state index is 15.2. The summed E-state index contributed by atoms with van der Waals surface area (Å²) in [6.07, 6.45) is 6.08. The molecular formula is C33H38F3N3O6S. The number of nitrogens with zero attached hydrogens (tertiary/aromatic N) is 2. The van der Waals surface area contributed by atoms with Crippen molar-refractivity contribution in [2.45, 2.75) is 63.2 Å². The predicted molar refractivity (Wildman–Crippen MR) is 165 cm³/mol. The molecule has 2 N–H and O–H groups in total. The van der Waals surface area contributed by atoms with E-state index >= 15 is 8.78 Å². The van der Waals surface area contributed by atoms with Crippen LogP contribution in [0.4, 0.5) is 13.2 Å². The van der Waals surface area contributed by atoms with Crippen LogP contribution in [0.15, 0.2) is 42.7 Å². The zero-order valence-corrected chi connectivity index (χ0v) is 26.6. The SMILES string of the molecule is C[C@H]1C[C@@H](c2ccncc2CC(=O)c2ccc(F)c(-c3c(F)cc(OC4CCOCC4)cc3F)n2)C[C@@H](N)[C@@H]1OCCS(C)(=O)=O. The van der Waals surface area contributed by atoms with Crippen molar-refractivity contribution in [2.24, 2.45) is 11.7 Å². The van der Waals surface area contributed by atoms with Gasteiger partial charge in [-0.05, 0) is 54.0 Å². The first-order valence-corrected chi connectivity index (χ1v) is 17.4. The van der Waals surface area contributed by atoms with Crippen molar-refractivity contribution in [3.63, 3.8) is 0 Å². The average molecular weight is 662 g/mol. The third-order valence-electron chi connectivity index (χ3n) is 8.55. The molecule has 1 aliphatic heterocycles. The van der Waals surface area contributed by atoms with Gasteiger partial charge in [-0.3, -0.25) is 9.78 Å². The average Bonchev–Trinajstić information content (AvgIpc) is 2.99. The Morgan fingerprint density at radius 1 is 1.07 bits per heavy atom. The van der Waals surface area contributed by atoms with Gasteiger partial charge in [-0.1, -0.05) is 6.92 Å². The molecule has 3 aromatic rings. The number of ether oxygens (including phenoxy) is 3. The number of benzene rings is 1. The lowest BCUT2D eigenvalue weighted by molar-refractivity contribution is -0.0154. The van der Waals surface area contributed by atoms with E-state index in [0.717, 1.165) is 30.0 Å². The molecule has 0 radical (unpaired) electrons. The lowest BCUT2D eigenvalue weighted by Crippen LogP contribution is -2.47. The Morgan fingerprint density at radius 2 is 1.78 bits per heavy atom. The second-order valence-corrected chi connectivity index (χ2v) is 14.4. The summed E-state index contributed by atoms with van der Waals surface area (Å²) in [6, 6.07) is 5.61. The van der Waals surface area contributed by atoms with Gasteiger partial charge in [-0.2, -0.15) is 0 Å². The Morgan fingerprint density at radius 3 is 2.46 bits per heavy atom. The van der Waals surface area contributed by atoms with Crippen molar-refractivity contribution in [2.75, 3.05) is 31.8 Å². The van der Waals surface area contributed by atoms with Crippen LogP contribution in [-0.2, 0) is 25.7 Å². The summed E-state index contributed by atoms with van der Waals surface area (Å²) < 4.78 is 85.1. The van der Waals surface area contributed by atoms with E-state index in [0.29, 0.717) is 44.5 Å². The van der Waals surface area contributed by atoms with Crippen LogP contribution in [0.3, 0.4) is 0 Å². The number of pyridine rings is 2. The standard InChI is InChI=1S/C33H38F3N3O6S/c1-19-13-20(14-28(37)33(19)44-11-12-46(2,41)42)24-5-8-38-18-21(24)15-30(40)29-4-3-25(34)32(39-29)31-26(35)16-23(17-27(31)36)45-22-6-9-43-10-7-22/h3-5,8,16-20,22,28,33H,6-7,9-15,37H2,1-2H3/t19-,20+,28+,33+/m0/s1. The van der Waals surface area contributed by atoms with Crippen LogP contribution < -0.4 is 10.5 Å². The Hall–Kier alpha value is -3.39. The smallest absolute Gasteiger partial charge is 0.185 e. The minimum atomic E-state index is -3.16. The number of halogens is 3. The van der Waals surface area contributed by atoms with Crippen LogP contribution in [0.5, 0.6) is 5.75 Å². The van der Waals surface area contributed by atoms with Crippen LogP contribution in [0.2, 0.25) is 0 Å². The zero-order chi connectivity index (χ0) is 33.0. The highest BCUT2D eigenvalue weighted by Gasteiger charge is 2.36. The van der Waals surface area contributed by atoms with Crippen LogP contribution in [0.25, 0.3) is 11.3 Å². The van der Waals surface area contributed by atoms with Gasteiger partial charge in [0.15, 0.2) is 5.78 Å². The second kappa shape index (κ2) is 14.6. The van der Waals surface area contributed by atoms with Gasteiger partial charge < -0.3 is 19.9 Å². The molecule has 4 atom stereocenters. The molecule has 2 fully saturated rings. The number of hydrogen-bond acceptors (Lipinski definition) is 9. The quantitative estimate of drug-likeness (QED) is 0.288. The fourth-order valence-electron chi connectivity index (χ4n) is 6.29. The molecule has 1 saturated carbocycles. The summed E-state index contributed by atoms with van der Waals surface area (Å²) in [6.45, 7) is 3.04. The summed E-state index contributed by atoms with van der Waals surface area (Å²) in [5.41, 5.74) is 6.53. The Balaban J connectivity index is 1.31. The van der Waals surface area contributed by atoms with Gasteiger partial charge in [0.25, 0.3) is 0 Å². The topological polar surface area (TPSA) is 131 Å². The fourth-order valence-corrected chi connectivity index (χ4v) is 6.69. The summed E-state index contributed by atoms with van der Waals surface area (Å²) in [7, 11) is -3.16. The van der Waals surface area contributed by atoms with E-state index in [9.17, 15) is 17.6 Å². The minimum absolute atomic E-state index is 0.0182. The molecule has 46 heavy (non-hydrogen) atoms. The van der Waals surface area contributed by atoms with Gasteiger partial charge in [0.05, 0.1) is 37.2 Å². The van der Waals surface area contributed by atoms with Crippen molar-refractivity contribution in [3.8, 4) is 17.0 Å². The molecular weight excluding hydrogens is 623 g/mol. The molecule has 3 heterocycles. The molecule has 13 heteroatoms. The number of rotatable bonds is 11. The number of carbonyl (C=O) groups is 1. The van der Waals surface area contributed by atoms with Crippen LogP contribution >= 0.6 is 0 Å². The van der Waals surface area contributed by atoms with E-state index in [2.05, 4.69) is 9.97 Å². The van der Waals surface area contributed by atoms with Gasteiger partial charge >= 0.3 is 0 Å². The fraction of sp³-hybridized carbons (Fsp3) is 0.485. The Labute approximate surface area is 266 Å². The second-order valence-electron chi connectivity index (χ2n) is 12.2. The van der Waals surface area contributed by atoms with Crippen molar-refractivity contribution in [1.82, 2.24) is 9.97 Å². The summed E-state index contributed by atoms with van der Waals surface area (Å²) >= 11 is 0. The molecule has 1 saturated heterocycles. The lowest BCUT2D eigenvalue weighted by atomic mass is 9.73. The van der Waals surface area contributed by atoms with Crippen molar-refractivity contribution in [1.29, 1.82) is 0 Å². The van der Waals surface area contributed by atoms with Gasteiger partial charge in [0, 0.05) is 56.1 Å².